The second-order valence-electron chi connectivity index (χ2n) is 6.44. The Morgan fingerprint density at radius 3 is 3.00 bits per heavy atom. The lowest BCUT2D eigenvalue weighted by molar-refractivity contribution is -0.908. The largest absolute Gasteiger partial charge is 0.496 e. The van der Waals surface area contributed by atoms with Crippen LogP contribution in [0.3, 0.4) is 0 Å². The maximum atomic E-state index is 12.8. The minimum absolute atomic E-state index is 0.0276. The molecule has 1 fully saturated rings. The molecule has 132 valence electrons. The molecule has 0 saturated carbocycles. The van der Waals surface area contributed by atoms with Crippen LogP contribution in [0, 0.1) is 0 Å². The highest BCUT2D eigenvalue weighted by molar-refractivity contribution is 6.07. The molecule has 7 heteroatoms. The first-order valence-electron chi connectivity index (χ1n) is 8.73. The van der Waals surface area contributed by atoms with Crippen LogP contribution in [-0.2, 0) is 11.3 Å². The number of aryl methyl sites for hydroxylation is 1. The van der Waals surface area contributed by atoms with E-state index in [2.05, 4.69) is 9.97 Å². The number of methoxy groups -OCH3 is 1. The summed E-state index contributed by atoms with van der Waals surface area (Å²) in [6.07, 6.45) is 2.60. The molecule has 0 radical (unpaired) electrons. The van der Waals surface area contributed by atoms with Crippen LogP contribution in [0.25, 0.3) is 21.9 Å². The van der Waals surface area contributed by atoms with E-state index in [9.17, 15) is 4.79 Å². The highest BCUT2D eigenvalue weighted by Crippen LogP contribution is 2.30. The van der Waals surface area contributed by atoms with Gasteiger partial charge in [0.1, 0.15) is 29.9 Å². The Bertz CT molecular complexity index is 941. The Hall–Kier alpha value is -2.38. The van der Waals surface area contributed by atoms with Crippen LogP contribution in [0.1, 0.15) is 6.42 Å². The molecule has 0 aliphatic carbocycles. The van der Waals surface area contributed by atoms with Crippen molar-refractivity contribution in [3.8, 4) is 5.75 Å². The third-order valence-corrected chi connectivity index (χ3v) is 4.91. The molecule has 3 heterocycles. The fraction of sp³-hybridized carbons (Fsp3) is 0.444. The molecule has 0 bridgehead atoms. The fourth-order valence-corrected chi connectivity index (χ4v) is 3.54. The molecule has 1 aliphatic rings. The minimum Gasteiger partial charge on any atom is -0.496 e. The van der Waals surface area contributed by atoms with Gasteiger partial charge in [0.15, 0.2) is 0 Å². The highest BCUT2D eigenvalue weighted by atomic mass is 16.5. The first kappa shape index (κ1) is 16.1. The Balaban J connectivity index is 1.59. The van der Waals surface area contributed by atoms with Crippen molar-refractivity contribution in [1.82, 2.24) is 14.5 Å². The Morgan fingerprint density at radius 2 is 2.20 bits per heavy atom. The number of H-pyrrole nitrogens is 1. The van der Waals surface area contributed by atoms with Crippen molar-refractivity contribution >= 4 is 21.9 Å². The molecule has 1 saturated heterocycles. The maximum absolute atomic E-state index is 12.8. The molecule has 7 nitrogen and oxygen atoms in total. The average molecular weight is 343 g/mol. The van der Waals surface area contributed by atoms with Gasteiger partial charge in [0, 0.05) is 13.0 Å². The summed E-state index contributed by atoms with van der Waals surface area (Å²) in [6.45, 7) is 5.49. The summed E-state index contributed by atoms with van der Waals surface area (Å²) >= 11 is 0. The van der Waals surface area contributed by atoms with Gasteiger partial charge in [-0.05, 0) is 12.1 Å². The number of hydrogen-bond donors (Lipinski definition) is 2. The standard InChI is InChI=1S/C18H22N4O3/c1-24-14-5-2-4-13-15(14)16-17(20-13)18(23)22(12-19-16)7-3-6-21-8-10-25-11-9-21/h2,4-5,12,20H,3,6-11H2,1H3/p+1. The molecule has 4 rings (SSSR count). The van der Waals surface area contributed by atoms with Crippen LogP contribution in [0.4, 0.5) is 0 Å². The monoisotopic (exact) mass is 343 g/mol. The Morgan fingerprint density at radius 1 is 1.36 bits per heavy atom. The van der Waals surface area contributed by atoms with E-state index in [4.69, 9.17) is 9.47 Å². The molecule has 2 N–H and O–H groups in total. The maximum Gasteiger partial charge on any atom is 0.277 e. The lowest BCUT2D eigenvalue weighted by atomic mass is 10.2. The van der Waals surface area contributed by atoms with Gasteiger partial charge in [-0.15, -0.1) is 0 Å². The van der Waals surface area contributed by atoms with Gasteiger partial charge >= 0.3 is 0 Å². The molecule has 2 aromatic heterocycles. The van der Waals surface area contributed by atoms with E-state index in [0.717, 1.165) is 55.9 Å². The van der Waals surface area contributed by atoms with E-state index in [0.29, 0.717) is 17.6 Å². The van der Waals surface area contributed by atoms with Crippen LogP contribution in [0.5, 0.6) is 5.75 Å². The fourth-order valence-electron chi connectivity index (χ4n) is 3.54. The van der Waals surface area contributed by atoms with Crippen molar-refractivity contribution in [2.75, 3.05) is 40.0 Å². The van der Waals surface area contributed by atoms with E-state index in [1.165, 1.54) is 0 Å². The molecule has 25 heavy (non-hydrogen) atoms. The van der Waals surface area contributed by atoms with Crippen molar-refractivity contribution in [3.05, 3.63) is 34.9 Å². The quantitative estimate of drug-likeness (QED) is 0.694. The molecule has 3 aromatic rings. The van der Waals surface area contributed by atoms with Crippen molar-refractivity contribution < 1.29 is 14.4 Å². The zero-order valence-electron chi connectivity index (χ0n) is 14.4. The summed E-state index contributed by atoms with van der Waals surface area (Å²) in [4.78, 5) is 22.1. The van der Waals surface area contributed by atoms with Crippen molar-refractivity contribution in [2.24, 2.45) is 0 Å². The van der Waals surface area contributed by atoms with Gasteiger partial charge in [-0.1, -0.05) is 6.07 Å². The smallest absolute Gasteiger partial charge is 0.277 e. The van der Waals surface area contributed by atoms with Crippen LogP contribution in [0.2, 0.25) is 0 Å². The molecule has 0 unspecified atom stereocenters. The lowest BCUT2D eigenvalue weighted by Gasteiger charge is -2.23. The Labute approximate surface area is 145 Å². The number of nitrogens with one attached hydrogen (secondary N) is 2. The summed E-state index contributed by atoms with van der Waals surface area (Å²) in [5.74, 6) is 0.726. The number of nitrogens with zero attached hydrogens (tertiary/aromatic N) is 2. The van der Waals surface area contributed by atoms with Gasteiger partial charge in [-0.2, -0.15) is 0 Å². The van der Waals surface area contributed by atoms with E-state index in [1.54, 1.807) is 22.9 Å². The SMILES string of the molecule is COc1cccc2[nH]c3c(=O)n(CCC[NH+]4CCOCC4)cnc3c12. The summed E-state index contributed by atoms with van der Waals surface area (Å²) < 4.78 is 12.5. The molecule has 0 spiro atoms. The molecular formula is C18H23N4O3+. The molecule has 0 atom stereocenters. The van der Waals surface area contributed by atoms with E-state index in [-0.39, 0.29) is 5.56 Å². The van der Waals surface area contributed by atoms with Crippen LogP contribution in [-0.4, -0.2) is 54.5 Å². The number of morpholine rings is 1. The zero-order chi connectivity index (χ0) is 17.2. The van der Waals surface area contributed by atoms with Crippen molar-refractivity contribution in [1.29, 1.82) is 0 Å². The number of quaternary nitrogens is 1. The number of fused-ring (bicyclic) bond motifs is 3. The molecule has 1 aliphatic heterocycles. The van der Waals surface area contributed by atoms with Gasteiger partial charge in [-0.25, -0.2) is 4.98 Å². The van der Waals surface area contributed by atoms with Crippen LogP contribution < -0.4 is 15.2 Å². The summed E-state index contributed by atoms with van der Waals surface area (Å²) in [5.41, 5.74) is 2.06. The number of benzene rings is 1. The average Bonchev–Trinajstić information content (AvgIpc) is 3.04. The number of aromatic nitrogens is 3. The number of aromatic amines is 1. The molecule has 0 amide bonds. The zero-order valence-corrected chi connectivity index (χ0v) is 14.4. The lowest BCUT2D eigenvalue weighted by Crippen LogP contribution is -3.14. The predicted octanol–water partition coefficient (Wildman–Crippen LogP) is 0.192. The Kier molecular flexibility index (Phi) is 4.42. The third kappa shape index (κ3) is 3.01. The van der Waals surface area contributed by atoms with E-state index >= 15 is 0 Å². The van der Waals surface area contributed by atoms with Gasteiger partial charge in [0.25, 0.3) is 5.56 Å². The molecule has 1 aromatic carbocycles. The van der Waals surface area contributed by atoms with Crippen molar-refractivity contribution in [3.63, 3.8) is 0 Å². The van der Waals surface area contributed by atoms with Crippen LogP contribution in [0.15, 0.2) is 29.3 Å². The minimum atomic E-state index is -0.0276. The normalized spacial score (nSPS) is 15.9. The summed E-state index contributed by atoms with van der Waals surface area (Å²) in [7, 11) is 1.63. The van der Waals surface area contributed by atoms with Gasteiger partial charge in [0.2, 0.25) is 0 Å². The van der Waals surface area contributed by atoms with E-state index < -0.39 is 0 Å². The van der Waals surface area contributed by atoms with E-state index in [1.807, 2.05) is 18.2 Å². The number of hydrogen-bond acceptors (Lipinski definition) is 4. The van der Waals surface area contributed by atoms with Gasteiger partial charge in [-0.3, -0.25) is 9.36 Å². The third-order valence-electron chi connectivity index (χ3n) is 4.91. The predicted molar refractivity (Wildman–Crippen MR) is 95.4 cm³/mol. The second kappa shape index (κ2) is 6.85. The topological polar surface area (TPSA) is 73.6 Å². The van der Waals surface area contributed by atoms with Crippen molar-refractivity contribution in [2.45, 2.75) is 13.0 Å². The first-order chi connectivity index (χ1) is 12.3. The highest BCUT2D eigenvalue weighted by Gasteiger charge is 2.16. The van der Waals surface area contributed by atoms with Gasteiger partial charge < -0.3 is 19.4 Å². The van der Waals surface area contributed by atoms with Crippen LogP contribution >= 0.6 is 0 Å². The summed E-state index contributed by atoms with van der Waals surface area (Å²) in [5, 5.41) is 0.863. The first-order valence-corrected chi connectivity index (χ1v) is 8.73. The molecular weight excluding hydrogens is 320 g/mol. The number of rotatable bonds is 5. The van der Waals surface area contributed by atoms with Gasteiger partial charge in [0.05, 0.1) is 44.1 Å². The second-order valence-corrected chi connectivity index (χ2v) is 6.44. The number of ether oxygens (including phenoxy) is 2. The summed E-state index contributed by atoms with van der Waals surface area (Å²) in [6, 6.07) is 5.72.